The Labute approximate surface area is 110 Å². The number of amides is 1. The number of hydrogen-bond donors (Lipinski definition) is 1. The average Bonchev–Trinajstić information content (AvgIpc) is 3.15. The van der Waals surface area contributed by atoms with Crippen LogP contribution in [0.1, 0.15) is 23.2 Å². The van der Waals surface area contributed by atoms with Crippen molar-refractivity contribution in [2.24, 2.45) is 0 Å². The molecule has 2 aromatic rings. The zero-order valence-electron chi connectivity index (χ0n) is 10.8. The fourth-order valence-corrected chi connectivity index (χ4v) is 2.22. The Morgan fingerprint density at radius 1 is 1.47 bits per heavy atom. The number of methoxy groups -OCH3 is 1. The van der Waals surface area contributed by atoms with Crippen LogP contribution in [-0.4, -0.2) is 52.5 Å². The average molecular weight is 260 g/mol. The third-order valence-corrected chi connectivity index (χ3v) is 3.36. The van der Waals surface area contributed by atoms with Crippen molar-refractivity contribution in [2.75, 3.05) is 20.3 Å². The molecule has 0 radical (unpaired) electrons. The van der Waals surface area contributed by atoms with Gasteiger partial charge in [-0.3, -0.25) is 4.79 Å². The number of ether oxygens (including phenoxy) is 1. The first-order valence-electron chi connectivity index (χ1n) is 6.40. The van der Waals surface area contributed by atoms with Gasteiger partial charge in [0.2, 0.25) is 0 Å². The molecule has 0 saturated heterocycles. The van der Waals surface area contributed by atoms with E-state index in [1.54, 1.807) is 13.2 Å². The highest BCUT2D eigenvalue weighted by Crippen LogP contribution is 2.29. The SMILES string of the molecule is COCCN(C(=O)c1cccc2n[nH]nc12)C1CC1. The summed E-state index contributed by atoms with van der Waals surface area (Å²) in [6.07, 6.45) is 2.15. The Kier molecular flexibility index (Phi) is 3.16. The Morgan fingerprint density at radius 2 is 2.32 bits per heavy atom. The number of carbonyl (C=O) groups is 1. The number of nitrogens with zero attached hydrogens (tertiary/aromatic N) is 3. The standard InChI is InChI=1S/C13H16N4O2/c1-19-8-7-17(9-5-6-9)13(18)10-3-2-4-11-12(10)15-16-14-11/h2-4,9H,5-8H2,1H3,(H,14,15,16). The Morgan fingerprint density at radius 3 is 3.05 bits per heavy atom. The maximum Gasteiger partial charge on any atom is 0.256 e. The van der Waals surface area contributed by atoms with Crippen molar-refractivity contribution in [2.45, 2.75) is 18.9 Å². The summed E-state index contributed by atoms with van der Waals surface area (Å²) in [6.45, 7) is 1.17. The van der Waals surface area contributed by atoms with Gasteiger partial charge in [-0.1, -0.05) is 6.07 Å². The van der Waals surface area contributed by atoms with E-state index in [2.05, 4.69) is 15.4 Å². The summed E-state index contributed by atoms with van der Waals surface area (Å²) in [4.78, 5) is 14.5. The van der Waals surface area contributed by atoms with Crippen molar-refractivity contribution in [3.63, 3.8) is 0 Å². The van der Waals surface area contributed by atoms with Gasteiger partial charge in [0, 0.05) is 19.7 Å². The largest absolute Gasteiger partial charge is 0.383 e. The maximum atomic E-state index is 12.6. The second-order valence-electron chi connectivity index (χ2n) is 4.72. The van der Waals surface area contributed by atoms with Crippen LogP contribution in [0.3, 0.4) is 0 Å². The van der Waals surface area contributed by atoms with E-state index in [9.17, 15) is 4.79 Å². The minimum absolute atomic E-state index is 0.0130. The molecule has 0 atom stereocenters. The second-order valence-corrected chi connectivity index (χ2v) is 4.72. The molecule has 1 aliphatic rings. The lowest BCUT2D eigenvalue weighted by molar-refractivity contribution is 0.0682. The third-order valence-electron chi connectivity index (χ3n) is 3.36. The van der Waals surface area contributed by atoms with E-state index in [-0.39, 0.29) is 5.91 Å². The number of hydrogen-bond acceptors (Lipinski definition) is 4. The molecule has 0 spiro atoms. The predicted molar refractivity (Wildman–Crippen MR) is 69.8 cm³/mol. The van der Waals surface area contributed by atoms with Crippen molar-refractivity contribution in [3.8, 4) is 0 Å². The van der Waals surface area contributed by atoms with E-state index in [1.807, 2.05) is 17.0 Å². The van der Waals surface area contributed by atoms with Gasteiger partial charge < -0.3 is 9.64 Å². The van der Waals surface area contributed by atoms with Crippen molar-refractivity contribution < 1.29 is 9.53 Å². The summed E-state index contributed by atoms with van der Waals surface area (Å²) >= 11 is 0. The molecule has 0 bridgehead atoms. The number of aromatic nitrogens is 3. The highest BCUT2D eigenvalue weighted by atomic mass is 16.5. The van der Waals surface area contributed by atoms with Gasteiger partial charge in [-0.15, -0.1) is 0 Å². The minimum Gasteiger partial charge on any atom is -0.383 e. The molecule has 1 aromatic carbocycles. The van der Waals surface area contributed by atoms with E-state index in [0.29, 0.717) is 35.8 Å². The van der Waals surface area contributed by atoms with Crippen LogP contribution in [0.15, 0.2) is 18.2 Å². The normalized spacial score (nSPS) is 14.8. The molecule has 1 heterocycles. The van der Waals surface area contributed by atoms with Crippen LogP contribution in [0, 0.1) is 0 Å². The fourth-order valence-electron chi connectivity index (χ4n) is 2.22. The van der Waals surface area contributed by atoms with Crippen LogP contribution in [-0.2, 0) is 4.74 Å². The van der Waals surface area contributed by atoms with Crippen molar-refractivity contribution in [1.29, 1.82) is 0 Å². The molecule has 3 rings (SSSR count). The van der Waals surface area contributed by atoms with Gasteiger partial charge in [0.25, 0.3) is 5.91 Å². The van der Waals surface area contributed by atoms with Crippen LogP contribution < -0.4 is 0 Å². The Hall–Kier alpha value is -1.95. The topological polar surface area (TPSA) is 71.1 Å². The van der Waals surface area contributed by atoms with Gasteiger partial charge in [-0.05, 0) is 25.0 Å². The van der Waals surface area contributed by atoms with Gasteiger partial charge in [-0.2, -0.15) is 15.4 Å². The van der Waals surface area contributed by atoms with Crippen molar-refractivity contribution in [1.82, 2.24) is 20.3 Å². The lowest BCUT2D eigenvalue weighted by atomic mass is 10.1. The van der Waals surface area contributed by atoms with E-state index in [0.717, 1.165) is 12.8 Å². The van der Waals surface area contributed by atoms with Crippen LogP contribution in [0.25, 0.3) is 11.0 Å². The monoisotopic (exact) mass is 260 g/mol. The first kappa shape index (κ1) is 12.1. The molecule has 1 fully saturated rings. The number of nitrogens with one attached hydrogen (secondary N) is 1. The number of H-pyrrole nitrogens is 1. The van der Waals surface area contributed by atoms with Crippen LogP contribution >= 0.6 is 0 Å². The van der Waals surface area contributed by atoms with Crippen LogP contribution in [0.5, 0.6) is 0 Å². The molecule has 1 saturated carbocycles. The molecule has 1 aromatic heterocycles. The van der Waals surface area contributed by atoms with Gasteiger partial charge in [0.05, 0.1) is 12.2 Å². The number of carbonyl (C=O) groups excluding carboxylic acids is 1. The number of fused-ring (bicyclic) bond motifs is 1. The molecule has 0 unspecified atom stereocenters. The molecule has 100 valence electrons. The molecule has 1 amide bonds. The summed E-state index contributed by atoms with van der Waals surface area (Å²) in [5, 5.41) is 10.6. The second kappa shape index (κ2) is 4.97. The summed E-state index contributed by atoms with van der Waals surface area (Å²) in [5.74, 6) is 0.0130. The summed E-state index contributed by atoms with van der Waals surface area (Å²) < 4.78 is 5.08. The van der Waals surface area contributed by atoms with E-state index in [1.165, 1.54) is 0 Å². The molecule has 6 nitrogen and oxygen atoms in total. The molecule has 19 heavy (non-hydrogen) atoms. The fraction of sp³-hybridized carbons (Fsp3) is 0.462. The quantitative estimate of drug-likeness (QED) is 0.877. The maximum absolute atomic E-state index is 12.6. The summed E-state index contributed by atoms with van der Waals surface area (Å²) in [7, 11) is 1.65. The zero-order valence-corrected chi connectivity index (χ0v) is 10.8. The number of para-hydroxylation sites is 1. The van der Waals surface area contributed by atoms with Gasteiger partial charge in [0.1, 0.15) is 11.0 Å². The highest BCUT2D eigenvalue weighted by Gasteiger charge is 2.33. The highest BCUT2D eigenvalue weighted by molar-refractivity contribution is 6.04. The smallest absolute Gasteiger partial charge is 0.256 e. The minimum atomic E-state index is 0.0130. The molecule has 0 aliphatic heterocycles. The van der Waals surface area contributed by atoms with Crippen LogP contribution in [0.2, 0.25) is 0 Å². The van der Waals surface area contributed by atoms with Gasteiger partial charge >= 0.3 is 0 Å². The van der Waals surface area contributed by atoms with Gasteiger partial charge in [-0.25, -0.2) is 0 Å². The number of benzene rings is 1. The molecular formula is C13H16N4O2. The molecule has 1 aliphatic carbocycles. The van der Waals surface area contributed by atoms with Crippen molar-refractivity contribution in [3.05, 3.63) is 23.8 Å². The van der Waals surface area contributed by atoms with Crippen molar-refractivity contribution >= 4 is 16.9 Å². The zero-order chi connectivity index (χ0) is 13.2. The molecular weight excluding hydrogens is 244 g/mol. The predicted octanol–water partition coefficient (Wildman–Crippen LogP) is 1.21. The summed E-state index contributed by atoms with van der Waals surface area (Å²) in [6, 6.07) is 5.82. The van der Waals surface area contributed by atoms with Crippen LogP contribution in [0.4, 0.5) is 0 Å². The lowest BCUT2D eigenvalue weighted by Crippen LogP contribution is -2.36. The summed E-state index contributed by atoms with van der Waals surface area (Å²) in [5.41, 5.74) is 1.96. The molecule has 1 N–H and O–H groups in total. The Balaban J connectivity index is 1.90. The van der Waals surface area contributed by atoms with E-state index >= 15 is 0 Å². The van der Waals surface area contributed by atoms with E-state index in [4.69, 9.17) is 4.74 Å². The lowest BCUT2D eigenvalue weighted by Gasteiger charge is -2.22. The number of rotatable bonds is 5. The third kappa shape index (κ3) is 2.31. The number of aromatic amines is 1. The van der Waals surface area contributed by atoms with E-state index < -0.39 is 0 Å². The Bertz CT molecular complexity index is 591. The first-order valence-corrected chi connectivity index (χ1v) is 6.40. The molecule has 6 heteroatoms. The first-order chi connectivity index (χ1) is 9.31. The van der Waals surface area contributed by atoms with Gasteiger partial charge in [0.15, 0.2) is 0 Å².